The standard InChI is InChI=1S/C21H29N7.HI/c1-17(2)15-27-12-10-23-20(27)14-25-21(22-3)24-13-18-7-4-5-8-19(18)16-28-11-6-9-26-28;/h4-12,17H,13-16H2,1-3H3,(H2,22,24,25);1H. The second-order valence-electron chi connectivity index (χ2n) is 7.14. The highest BCUT2D eigenvalue weighted by atomic mass is 127. The van der Waals surface area contributed by atoms with Gasteiger partial charge in [0.2, 0.25) is 0 Å². The Morgan fingerprint density at radius 3 is 2.48 bits per heavy atom. The molecule has 0 amide bonds. The van der Waals surface area contributed by atoms with Crippen LogP contribution in [0.5, 0.6) is 0 Å². The molecule has 29 heavy (non-hydrogen) atoms. The highest BCUT2D eigenvalue weighted by molar-refractivity contribution is 14.0. The Labute approximate surface area is 189 Å². The van der Waals surface area contributed by atoms with Gasteiger partial charge in [0.05, 0.1) is 13.1 Å². The molecule has 0 saturated carbocycles. The molecule has 3 aromatic rings. The molecule has 0 atom stereocenters. The minimum absolute atomic E-state index is 0. The Morgan fingerprint density at radius 1 is 1.03 bits per heavy atom. The summed E-state index contributed by atoms with van der Waals surface area (Å²) in [5.41, 5.74) is 2.46. The lowest BCUT2D eigenvalue weighted by molar-refractivity contribution is 0.503. The summed E-state index contributed by atoms with van der Waals surface area (Å²) in [4.78, 5) is 8.80. The second-order valence-corrected chi connectivity index (χ2v) is 7.14. The van der Waals surface area contributed by atoms with Gasteiger partial charge in [-0.3, -0.25) is 9.67 Å². The molecule has 2 heterocycles. The van der Waals surface area contributed by atoms with Crippen molar-refractivity contribution in [2.75, 3.05) is 7.05 Å². The Hall–Kier alpha value is -2.36. The van der Waals surface area contributed by atoms with Crippen LogP contribution in [0, 0.1) is 5.92 Å². The quantitative estimate of drug-likeness (QED) is 0.279. The molecule has 0 spiro atoms. The van der Waals surface area contributed by atoms with E-state index in [4.69, 9.17) is 0 Å². The van der Waals surface area contributed by atoms with Gasteiger partial charge in [-0.1, -0.05) is 38.1 Å². The maximum absolute atomic E-state index is 4.46. The van der Waals surface area contributed by atoms with E-state index in [0.717, 1.165) is 24.9 Å². The minimum Gasteiger partial charge on any atom is -0.352 e. The van der Waals surface area contributed by atoms with Gasteiger partial charge >= 0.3 is 0 Å². The molecule has 156 valence electrons. The monoisotopic (exact) mass is 507 g/mol. The lowest BCUT2D eigenvalue weighted by atomic mass is 10.1. The molecule has 0 aliphatic carbocycles. The molecule has 0 radical (unpaired) electrons. The molecule has 8 heteroatoms. The third-order valence-electron chi connectivity index (χ3n) is 4.46. The zero-order valence-corrected chi connectivity index (χ0v) is 19.6. The molecule has 0 fully saturated rings. The van der Waals surface area contributed by atoms with Crippen molar-refractivity contribution in [3.05, 3.63) is 72.1 Å². The van der Waals surface area contributed by atoms with Crippen LogP contribution in [-0.2, 0) is 26.2 Å². The van der Waals surface area contributed by atoms with Crippen LogP contribution < -0.4 is 10.6 Å². The fraction of sp³-hybridized carbons (Fsp3) is 0.381. The van der Waals surface area contributed by atoms with Crippen molar-refractivity contribution in [3.8, 4) is 0 Å². The van der Waals surface area contributed by atoms with Gasteiger partial charge in [0.1, 0.15) is 5.82 Å². The van der Waals surface area contributed by atoms with Crippen molar-refractivity contribution in [2.45, 2.75) is 40.0 Å². The van der Waals surface area contributed by atoms with Crippen LogP contribution in [0.2, 0.25) is 0 Å². The topological polar surface area (TPSA) is 72.1 Å². The Kier molecular flexibility index (Phi) is 9.17. The van der Waals surface area contributed by atoms with Crippen molar-refractivity contribution >= 4 is 29.9 Å². The Balaban J connectivity index is 0.00000300. The first-order chi connectivity index (χ1) is 13.7. The van der Waals surface area contributed by atoms with E-state index in [2.05, 4.69) is 68.4 Å². The molecular formula is C21H30IN7. The zero-order valence-electron chi connectivity index (χ0n) is 17.2. The number of rotatable bonds is 8. The van der Waals surface area contributed by atoms with Gasteiger partial charge in [0.15, 0.2) is 5.96 Å². The minimum atomic E-state index is 0. The number of imidazole rings is 1. The van der Waals surface area contributed by atoms with Crippen LogP contribution in [-0.4, -0.2) is 32.3 Å². The third kappa shape index (κ3) is 6.88. The van der Waals surface area contributed by atoms with Crippen LogP contribution in [0.1, 0.15) is 30.8 Å². The second kappa shape index (κ2) is 11.6. The highest BCUT2D eigenvalue weighted by Gasteiger charge is 2.07. The average Bonchev–Trinajstić information content (AvgIpc) is 3.35. The molecular weight excluding hydrogens is 477 g/mol. The van der Waals surface area contributed by atoms with Crippen LogP contribution in [0.15, 0.2) is 60.1 Å². The number of hydrogen-bond donors (Lipinski definition) is 2. The molecule has 0 aliphatic rings. The molecule has 0 saturated heterocycles. The van der Waals surface area contributed by atoms with Crippen LogP contribution in [0.25, 0.3) is 0 Å². The summed E-state index contributed by atoms with van der Waals surface area (Å²) in [5.74, 6) is 2.35. The van der Waals surface area contributed by atoms with E-state index in [9.17, 15) is 0 Å². The lowest BCUT2D eigenvalue weighted by Crippen LogP contribution is -2.37. The predicted molar refractivity (Wildman–Crippen MR) is 127 cm³/mol. The van der Waals surface area contributed by atoms with Crippen LogP contribution in [0.4, 0.5) is 0 Å². The number of benzene rings is 1. The molecule has 0 aliphatic heterocycles. The van der Waals surface area contributed by atoms with E-state index in [1.807, 2.05) is 29.3 Å². The van der Waals surface area contributed by atoms with Gasteiger partial charge in [-0.15, -0.1) is 24.0 Å². The van der Waals surface area contributed by atoms with E-state index in [1.54, 1.807) is 13.2 Å². The van der Waals surface area contributed by atoms with Gasteiger partial charge in [-0.2, -0.15) is 5.10 Å². The van der Waals surface area contributed by atoms with E-state index < -0.39 is 0 Å². The largest absolute Gasteiger partial charge is 0.352 e. The first-order valence-electron chi connectivity index (χ1n) is 9.64. The van der Waals surface area contributed by atoms with E-state index >= 15 is 0 Å². The van der Waals surface area contributed by atoms with Crippen molar-refractivity contribution < 1.29 is 0 Å². The summed E-state index contributed by atoms with van der Waals surface area (Å²) in [6, 6.07) is 10.3. The number of nitrogens with zero attached hydrogens (tertiary/aromatic N) is 5. The zero-order chi connectivity index (χ0) is 19.8. The molecule has 2 aromatic heterocycles. The smallest absolute Gasteiger partial charge is 0.191 e. The van der Waals surface area contributed by atoms with Gasteiger partial charge in [0, 0.05) is 44.9 Å². The third-order valence-corrected chi connectivity index (χ3v) is 4.46. The SMILES string of the molecule is CN=C(NCc1ccccc1Cn1cccn1)NCc1nccn1CC(C)C.I. The average molecular weight is 507 g/mol. The number of hydrogen-bond acceptors (Lipinski definition) is 3. The molecule has 7 nitrogen and oxygen atoms in total. The van der Waals surface area contributed by atoms with E-state index in [1.165, 1.54) is 11.1 Å². The van der Waals surface area contributed by atoms with Crippen molar-refractivity contribution in [1.29, 1.82) is 0 Å². The number of halogens is 1. The number of aliphatic imine (C=N–C) groups is 1. The number of nitrogens with one attached hydrogen (secondary N) is 2. The van der Waals surface area contributed by atoms with Crippen molar-refractivity contribution in [1.82, 2.24) is 30.0 Å². The summed E-state index contributed by atoms with van der Waals surface area (Å²) in [7, 11) is 1.78. The summed E-state index contributed by atoms with van der Waals surface area (Å²) < 4.78 is 4.12. The van der Waals surface area contributed by atoms with E-state index in [-0.39, 0.29) is 24.0 Å². The fourth-order valence-corrected chi connectivity index (χ4v) is 3.08. The Bertz CT molecular complexity index is 884. The summed E-state index contributed by atoms with van der Waals surface area (Å²) in [6.07, 6.45) is 7.65. The summed E-state index contributed by atoms with van der Waals surface area (Å²) in [5, 5.41) is 11.1. The Morgan fingerprint density at radius 2 is 1.79 bits per heavy atom. The molecule has 0 unspecified atom stereocenters. The maximum Gasteiger partial charge on any atom is 0.191 e. The number of guanidine groups is 1. The molecule has 1 aromatic carbocycles. The lowest BCUT2D eigenvalue weighted by Gasteiger charge is -2.15. The van der Waals surface area contributed by atoms with Gasteiger partial charge in [-0.25, -0.2) is 4.98 Å². The molecule has 3 rings (SSSR count). The first kappa shape index (κ1) is 22.9. The number of aromatic nitrogens is 4. The van der Waals surface area contributed by atoms with Crippen LogP contribution in [0.3, 0.4) is 0 Å². The van der Waals surface area contributed by atoms with Gasteiger partial charge in [-0.05, 0) is 23.1 Å². The van der Waals surface area contributed by atoms with Gasteiger partial charge < -0.3 is 15.2 Å². The molecule has 0 bridgehead atoms. The van der Waals surface area contributed by atoms with Crippen molar-refractivity contribution in [2.24, 2.45) is 10.9 Å². The summed E-state index contributed by atoms with van der Waals surface area (Å²) >= 11 is 0. The fourth-order valence-electron chi connectivity index (χ4n) is 3.08. The first-order valence-corrected chi connectivity index (χ1v) is 9.64. The normalized spacial score (nSPS) is 11.4. The van der Waals surface area contributed by atoms with E-state index in [0.29, 0.717) is 19.0 Å². The predicted octanol–water partition coefficient (Wildman–Crippen LogP) is 3.27. The van der Waals surface area contributed by atoms with Gasteiger partial charge in [0.25, 0.3) is 0 Å². The molecule has 2 N–H and O–H groups in total. The highest BCUT2D eigenvalue weighted by Crippen LogP contribution is 2.10. The summed E-state index contributed by atoms with van der Waals surface area (Å²) in [6.45, 7) is 7.45. The van der Waals surface area contributed by atoms with Crippen LogP contribution >= 0.6 is 24.0 Å². The maximum atomic E-state index is 4.46. The van der Waals surface area contributed by atoms with Crippen molar-refractivity contribution in [3.63, 3.8) is 0 Å².